The molecule has 2 rings (SSSR count). The number of hydrogen-bond donors (Lipinski definition) is 2. The van der Waals surface area contributed by atoms with Crippen molar-refractivity contribution in [1.29, 1.82) is 0 Å². The van der Waals surface area contributed by atoms with Crippen LogP contribution in [0.25, 0.3) is 0 Å². The molecule has 1 aromatic carbocycles. The van der Waals surface area contributed by atoms with E-state index in [0.717, 1.165) is 30.8 Å². The maximum absolute atomic E-state index is 11.5. The number of carboxylic acid groups (broad SMARTS) is 1. The van der Waals surface area contributed by atoms with Gasteiger partial charge < -0.3 is 15.2 Å². The van der Waals surface area contributed by atoms with E-state index in [1.54, 1.807) is 0 Å². The molecule has 2 N–H and O–H groups in total. The summed E-state index contributed by atoms with van der Waals surface area (Å²) < 4.78 is 5.58. The minimum atomic E-state index is -0.744. The first-order chi connectivity index (χ1) is 9.08. The molecule has 1 aliphatic rings. The van der Waals surface area contributed by atoms with E-state index >= 15 is 0 Å². The van der Waals surface area contributed by atoms with Crippen LogP contribution in [0.5, 0.6) is 5.75 Å². The molecule has 1 heterocycles. The molecule has 2 atom stereocenters. The highest BCUT2D eigenvalue weighted by atomic mass is 16.5. The van der Waals surface area contributed by atoms with Crippen LogP contribution >= 0.6 is 0 Å². The van der Waals surface area contributed by atoms with Crippen molar-refractivity contribution < 1.29 is 14.6 Å². The first kappa shape index (κ1) is 13.9. The third-order valence-electron chi connectivity index (χ3n) is 3.45. The summed E-state index contributed by atoms with van der Waals surface area (Å²) >= 11 is 0. The minimum Gasteiger partial charge on any atom is -0.491 e. The predicted molar refractivity (Wildman–Crippen MR) is 73.6 cm³/mol. The zero-order valence-corrected chi connectivity index (χ0v) is 11.4. The Bertz CT molecular complexity index is 422. The molecule has 0 aliphatic carbocycles. The lowest BCUT2D eigenvalue weighted by molar-refractivity contribution is -0.140. The number of carboxylic acids is 1. The van der Waals surface area contributed by atoms with Crippen LogP contribution in [0.4, 0.5) is 0 Å². The fourth-order valence-electron chi connectivity index (χ4n) is 2.60. The highest BCUT2D eigenvalue weighted by Gasteiger charge is 2.31. The van der Waals surface area contributed by atoms with Gasteiger partial charge in [0.2, 0.25) is 0 Å². The molecule has 104 valence electrons. The molecule has 1 saturated heterocycles. The average molecular weight is 263 g/mol. The summed E-state index contributed by atoms with van der Waals surface area (Å²) in [7, 11) is 0. The Hall–Kier alpha value is -1.55. The van der Waals surface area contributed by atoms with Gasteiger partial charge >= 0.3 is 5.97 Å². The Labute approximate surface area is 113 Å². The summed E-state index contributed by atoms with van der Waals surface area (Å²) in [6.45, 7) is 5.63. The number of carbonyl (C=O) groups is 1. The Kier molecular flexibility index (Phi) is 4.43. The Morgan fingerprint density at radius 1 is 1.37 bits per heavy atom. The van der Waals surface area contributed by atoms with Crippen LogP contribution in [0.1, 0.15) is 31.7 Å². The van der Waals surface area contributed by atoms with Crippen LogP contribution < -0.4 is 10.1 Å². The molecule has 2 unspecified atom stereocenters. The lowest BCUT2D eigenvalue weighted by Gasteiger charge is -2.19. The normalized spacial score (nSPS) is 20.5. The number of ether oxygens (including phenoxy) is 1. The van der Waals surface area contributed by atoms with E-state index in [9.17, 15) is 9.90 Å². The van der Waals surface area contributed by atoms with Gasteiger partial charge in [-0.15, -0.1) is 0 Å². The van der Waals surface area contributed by atoms with E-state index in [1.807, 2.05) is 38.1 Å². The van der Waals surface area contributed by atoms with Crippen molar-refractivity contribution in [2.45, 2.75) is 32.3 Å². The maximum Gasteiger partial charge on any atom is 0.311 e. The number of benzene rings is 1. The van der Waals surface area contributed by atoms with Gasteiger partial charge in [-0.05, 0) is 57.0 Å². The summed E-state index contributed by atoms with van der Waals surface area (Å²) in [6, 6.07) is 7.45. The zero-order chi connectivity index (χ0) is 13.8. The molecule has 0 radical (unpaired) electrons. The van der Waals surface area contributed by atoms with Crippen molar-refractivity contribution in [3.63, 3.8) is 0 Å². The molecule has 0 spiro atoms. The summed E-state index contributed by atoms with van der Waals surface area (Å²) in [5.74, 6) is -0.212. The molecule has 19 heavy (non-hydrogen) atoms. The van der Waals surface area contributed by atoms with Crippen molar-refractivity contribution in [3.8, 4) is 5.75 Å². The number of nitrogens with one attached hydrogen (secondary N) is 1. The zero-order valence-electron chi connectivity index (χ0n) is 11.4. The Morgan fingerprint density at radius 2 is 2.05 bits per heavy atom. The predicted octanol–water partition coefficient (Wildman–Crippen LogP) is 2.25. The molecule has 0 saturated carbocycles. The van der Waals surface area contributed by atoms with Crippen molar-refractivity contribution in [2.75, 3.05) is 13.1 Å². The van der Waals surface area contributed by atoms with Gasteiger partial charge in [-0.3, -0.25) is 4.79 Å². The van der Waals surface area contributed by atoms with Crippen LogP contribution in [-0.2, 0) is 4.79 Å². The fraction of sp³-hybridized carbons (Fsp3) is 0.533. The summed E-state index contributed by atoms with van der Waals surface area (Å²) in [4.78, 5) is 11.5. The molecule has 0 aromatic heterocycles. The molecule has 0 amide bonds. The Morgan fingerprint density at radius 3 is 2.53 bits per heavy atom. The molecular weight excluding hydrogens is 242 g/mol. The monoisotopic (exact) mass is 263 g/mol. The van der Waals surface area contributed by atoms with E-state index < -0.39 is 11.9 Å². The second-order valence-electron chi connectivity index (χ2n) is 5.30. The van der Waals surface area contributed by atoms with E-state index in [4.69, 9.17) is 4.74 Å². The largest absolute Gasteiger partial charge is 0.491 e. The number of aliphatic carboxylic acids is 1. The maximum atomic E-state index is 11.5. The Balaban J connectivity index is 2.15. The van der Waals surface area contributed by atoms with Gasteiger partial charge in [0.05, 0.1) is 12.0 Å². The van der Waals surface area contributed by atoms with Crippen molar-refractivity contribution in [1.82, 2.24) is 5.32 Å². The lowest BCUT2D eigenvalue weighted by atomic mass is 9.85. The van der Waals surface area contributed by atoms with E-state index in [0.29, 0.717) is 0 Å². The van der Waals surface area contributed by atoms with Crippen molar-refractivity contribution in [3.05, 3.63) is 29.8 Å². The first-order valence-electron chi connectivity index (χ1n) is 6.78. The lowest BCUT2D eigenvalue weighted by Crippen LogP contribution is -2.23. The SMILES string of the molecule is CC(C)Oc1ccc(C(C(=O)O)C2CCNC2)cc1. The summed E-state index contributed by atoms with van der Waals surface area (Å²) in [6.07, 6.45) is 1.04. The van der Waals surface area contributed by atoms with Crippen molar-refractivity contribution in [2.24, 2.45) is 5.92 Å². The van der Waals surface area contributed by atoms with Crippen LogP contribution in [0, 0.1) is 5.92 Å². The van der Waals surface area contributed by atoms with E-state index in [-0.39, 0.29) is 12.0 Å². The van der Waals surface area contributed by atoms with Crippen molar-refractivity contribution >= 4 is 5.97 Å². The summed E-state index contributed by atoms with van der Waals surface area (Å²) in [5, 5.41) is 12.7. The highest BCUT2D eigenvalue weighted by Crippen LogP contribution is 2.30. The van der Waals surface area contributed by atoms with Gasteiger partial charge in [0, 0.05) is 0 Å². The molecule has 0 bridgehead atoms. The molecule has 4 nitrogen and oxygen atoms in total. The second-order valence-corrected chi connectivity index (χ2v) is 5.30. The quantitative estimate of drug-likeness (QED) is 0.855. The van der Waals surface area contributed by atoms with Gasteiger partial charge in [-0.25, -0.2) is 0 Å². The van der Waals surface area contributed by atoms with Crippen LogP contribution in [0.15, 0.2) is 24.3 Å². The molecular formula is C15H21NO3. The van der Waals surface area contributed by atoms with Crippen LogP contribution in [0.3, 0.4) is 0 Å². The average Bonchev–Trinajstić information content (AvgIpc) is 2.84. The van der Waals surface area contributed by atoms with Gasteiger partial charge in [0.25, 0.3) is 0 Å². The third-order valence-corrected chi connectivity index (χ3v) is 3.45. The van der Waals surface area contributed by atoms with E-state index in [2.05, 4.69) is 5.32 Å². The smallest absolute Gasteiger partial charge is 0.311 e. The molecule has 1 fully saturated rings. The van der Waals surface area contributed by atoms with Crippen LogP contribution in [-0.4, -0.2) is 30.3 Å². The number of rotatable bonds is 5. The second kappa shape index (κ2) is 6.06. The molecule has 4 heteroatoms. The standard InChI is InChI=1S/C15H21NO3/c1-10(2)19-13-5-3-11(4-6-13)14(15(17)18)12-7-8-16-9-12/h3-6,10,12,14,16H,7-9H2,1-2H3,(H,17,18). The molecule has 1 aromatic rings. The minimum absolute atomic E-state index is 0.125. The fourth-order valence-corrected chi connectivity index (χ4v) is 2.60. The van der Waals surface area contributed by atoms with Gasteiger partial charge in [0.15, 0.2) is 0 Å². The topological polar surface area (TPSA) is 58.6 Å². The number of hydrogen-bond acceptors (Lipinski definition) is 3. The van der Waals surface area contributed by atoms with E-state index in [1.165, 1.54) is 0 Å². The molecule has 1 aliphatic heterocycles. The van der Waals surface area contributed by atoms with Crippen LogP contribution in [0.2, 0.25) is 0 Å². The van der Waals surface area contributed by atoms with Gasteiger partial charge in [-0.1, -0.05) is 12.1 Å². The highest BCUT2D eigenvalue weighted by molar-refractivity contribution is 5.76. The van der Waals surface area contributed by atoms with Gasteiger partial charge in [-0.2, -0.15) is 0 Å². The third kappa shape index (κ3) is 3.47. The summed E-state index contributed by atoms with van der Waals surface area (Å²) in [5.41, 5.74) is 0.859. The van der Waals surface area contributed by atoms with Gasteiger partial charge in [0.1, 0.15) is 5.75 Å². The first-order valence-corrected chi connectivity index (χ1v) is 6.78.